The Balaban J connectivity index is 1.59. The number of halogens is 1. The molecule has 6 heteroatoms. The standard InChI is InChI=1S/C17H22FNO4/c18-12-3-1-4-13(9-12)23-11-17(21)19-7-2-5-15(19)14-10-22-8-6-16(14)20/h1,3-4,9,14-16,20H,2,5-8,10-11H2/t14-,15+,16+/m0/s1. The van der Waals surface area contributed by atoms with Crippen LogP contribution in [0.25, 0.3) is 0 Å². The van der Waals surface area contributed by atoms with Gasteiger partial charge in [0, 0.05) is 31.2 Å². The Bertz CT molecular complexity index is 553. The molecule has 0 bridgehead atoms. The zero-order chi connectivity index (χ0) is 16.2. The normalized spacial score (nSPS) is 27.9. The van der Waals surface area contributed by atoms with Crippen molar-refractivity contribution < 1.29 is 23.8 Å². The molecule has 23 heavy (non-hydrogen) atoms. The van der Waals surface area contributed by atoms with Gasteiger partial charge in [0.25, 0.3) is 5.91 Å². The van der Waals surface area contributed by atoms with Crippen molar-refractivity contribution in [3.63, 3.8) is 0 Å². The first-order valence-corrected chi connectivity index (χ1v) is 8.09. The van der Waals surface area contributed by atoms with Crippen LogP contribution in [-0.4, -0.2) is 54.4 Å². The molecule has 1 aromatic carbocycles. The molecule has 5 nitrogen and oxygen atoms in total. The Morgan fingerprint density at radius 3 is 3.09 bits per heavy atom. The first-order valence-electron chi connectivity index (χ1n) is 8.09. The highest BCUT2D eigenvalue weighted by atomic mass is 19.1. The van der Waals surface area contributed by atoms with Crippen LogP contribution in [0.4, 0.5) is 4.39 Å². The first-order chi connectivity index (χ1) is 11.1. The number of carbonyl (C=O) groups is 1. The van der Waals surface area contributed by atoms with E-state index in [0.717, 1.165) is 12.8 Å². The molecule has 0 aliphatic carbocycles. The van der Waals surface area contributed by atoms with E-state index in [-0.39, 0.29) is 24.5 Å². The first kappa shape index (κ1) is 16.2. The molecule has 126 valence electrons. The zero-order valence-electron chi connectivity index (χ0n) is 13.0. The minimum Gasteiger partial charge on any atom is -0.484 e. The Morgan fingerprint density at radius 2 is 2.30 bits per heavy atom. The summed E-state index contributed by atoms with van der Waals surface area (Å²) >= 11 is 0. The van der Waals surface area contributed by atoms with E-state index in [0.29, 0.717) is 31.9 Å². The van der Waals surface area contributed by atoms with E-state index in [1.807, 2.05) is 0 Å². The molecule has 0 unspecified atom stereocenters. The average Bonchev–Trinajstić information content (AvgIpc) is 3.02. The van der Waals surface area contributed by atoms with Gasteiger partial charge in [0.05, 0.1) is 12.7 Å². The second-order valence-corrected chi connectivity index (χ2v) is 6.14. The van der Waals surface area contributed by atoms with E-state index in [4.69, 9.17) is 9.47 Å². The number of hydrogen-bond donors (Lipinski definition) is 1. The summed E-state index contributed by atoms with van der Waals surface area (Å²) in [6.07, 6.45) is 1.98. The van der Waals surface area contributed by atoms with Crippen LogP contribution in [0, 0.1) is 11.7 Å². The maximum absolute atomic E-state index is 13.1. The molecule has 2 aliphatic heterocycles. The van der Waals surface area contributed by atoms with Crippen LogP contribution in [0.2, 0.25) is 0 Å². The summed E-state index contributed by atoms with van der Waals surface area (Å²) < 4.78 is 24.0. The molecule has 2 saturated heterocycles. The summed E-state index contributed by atoms with van der Waals surface area (Å²) in [5.74, 6) is -0.217. The smallest absolute Gasteiger partial charge is 0.260 e. The SMILES string of the molecule is O=C(COc1cccc(F)c1)N1CCC[C@@H]1[C@@H]1COCC[C@H]1O. The van der Waals surface area contributed by atoms with E-state index in [2.05, 4.69) is 0 Å². The zero-order valence-corrected chi connectivity index (χ0v) is 13.0. The van der Waals surface area contributed by atoms with Crippen molar-refractivity contribution in [3.8, 4) is 5.75 Å². The van der Waals surface area contributed by atoms with Crippen LogP contribution < -0.4 is 4.74 Å². The van der Waals surface area contributed by atoms with Gasteiger partial charge in [-0.3, -0.25) is 4.79 Å². The predicted octanol–water partition coefficient (Wildman–Crippen LogP) is 1.59. The van der Waals surface area contributed by atoms with Gasteiger partial charge in [-0.25, -0.2) is 4.39 Å². The number of aliphatic hydroxyl groups is 1. The van der Waals surface area contributed by atoms with Crippen LogP contribution in [0.15, 0.2) is 24.3 Å². The molecular weight excluding hydrogens is 301 g/mol. The average molecular weight is 323 g/mol. The topological polar surface area (TPSA) is 59.0 Å². The van der Waals surface area contributed by atoms with Crippen LogP contribution in [0.3, 0.4) is 0 Å². The van der Waals surface area contributed by atoms with Gasteiger partial charge in [0.1, 0.15) is 11.6 Å². The van der Waals surface area contributed by atoms with Gasteiger partial charge in [0.2, 0.25) is 0 Å². The fraction of sp³-hybridized carbons (Fsp3) is 0.588. The highest BCUT2D eigenvalue weighted by Gasteiger charge is 2.39. The minimum absolute atomic E-state index is 0.00564. The lowest BCUT2D eigenvalue weighted by atomic mass is 9.89. The lowest BCUT2D eigenvalue weighted by Crippen LogP contribution is -2.49. The molecule has 0 spiro atoms. The van der Waals surface area contributed by atoms with E-state index in [1.54, 1.807) is 17.0 Å². The Kier molecular flexibility index (Phi) is 5.13. The van der Waals surface area contributed by atoms with E-state index >= 15 is 0 Å². The fourth-order valence-corrected chi connectivity index (χ4v) is 3.45. The number of nitrogens with zero attached hydrogens (tertiary/aromatic N) is 1. The van der Waals surface area contributed by atoms with Gasteiger partial charge in [-0.2, -0.15) is 0 Å². The molecule has 1 N–H and O–H groups in total. The maximum Gasteiger partial charge on any atom is 0.260 e. The third kappa shape index (κ3) is 3.82. The molecule has 2 aliphatic rings. The summed E-state index contributed by atoms with van der Waals surface area (Å²) in [5, 5.41) is 10.2. The molecule has 3 atom stereocenters. The monoisotopic (exact) mass is 323 g/mol. The third-order valence-electron chi connectivity index (χ3n) is 4.63. The minimum atomic E-state index is -0.425. The summed E-state index contributed by atoms with van der Waals surface area (Å²) in [6, 6.07) is 5.75. The van der Waals surface area contributed by atoms with E-state index in [9.17, 15) is 14.3 Å². The van der Waals surface area contributed by atoms with Crippen molar-refractivity contribution in [1.29, 1.82) is 0 Å². The fourth-order valence-electron chi connectivity index (χ4n) is 3.45. The quantitative estimate of drug-likeness (QED) is 0.914. The van der Waals surface area contributed by atoms with Gasteiger partial charge in [-0.1, -0.05) is 6.07 Å². The molecule has 0 saturated carbocycles. The van der Waals surface area contributed by atoms with Crippen molar-refractivity contribution >= 4 is 5.91 Å². The van der Waals surface area contributed by atoms with Gasteiger partial charge in [-0.05, 0) is 31.4 Å². The summed E-state index contributed by atoms with van der Waals surface area (Å²) in [6.45, 7) is 1.60. The van der Waals surface area contributed by atoms with Crippen molar-refractivity contribution in [1.82, 2.24) is 4.90 Å². The van der Waals surface area contributed by atoms with Crippen molar-refractivity contribution in [2.75, 3.05) is 26.4 Å². The van der Waals surface area contributed by atoms with Crippen molar-refractivity contribution in [2.24, 2.45) is 5.92 Å². The van der Waals surface area contributed by atoms with Crippen molar-refractivity contribution in [3.05, 3.63) is 30.1 Å². The van der Waals surface area contributed by atoms with Crippen molar-refractivity contribution in [2.45, 2.75) is 31.4 Å². The van der Waals surface area contributed by atoms with Crippen LogP contribution in [0.1, 0.15) is 19.3 Å². The van der Waals surface area contributed by atoms with E-state index in [1.165, 1.54) is 12.1 Å². The summed E-state index contributed by atoms with van der Waals surface area (Å²) in [5.41, 5.74) is 0. The van der Waals surface area contributed by atoms with Crippen LogP contribution in [0.5, 0.6) is 5.75 Å². The van der Waals surface area contributed by atoms with Gasteiger partial charge >= 0.3 is 0 Å². The second-order valence-electron chi connectivity index (χ2n) is 6.14. The molecule has 1 aromatic rings. The molecule has 1 amide bonds. The highest BCUT2D eigenvalue weighted by molar-refractivity contribution is 5.78. The summed E-state index contributed by atoms with van der Waals surface area (Å²) in [4.78, 5) is 14.2. The second kappa shape index (κ2) is 7.27. The van der Waals surface area contributed by atoms with Crippen LogP contribution in [-0.2, 0) is 9.53 Å². The summed E-state index contributed by atoms with van der Waals surface area (Å²) in [7, 11) is 0. The number of likely N-dealkylation sites (tertiary alicyclic amines) is 1. The van der Waals surface area contributed by atoms with Gasteiger partial charge in [0.15, 0.2) is 6.61 Å². The highest BCUT2D eigenvalue weighted by Crippen LogP contribution is 2.30. The third-order valence-corrected chi connectivity index (χ3v) is 4.63. The molecule has 2 fully saturated rings. The Labute approximate surface area is 135 Å². The largest absolute Gasteiger partial charge is 0.484 e. The molecular formula is C17H22FNO4. The molecule has 0 radical (unpaired) electrons. The lowest BCUT2D eigenvalue weighted by molar-refractivity contribution is -0.138. The van der Waals surface area contributed by atoms with Gasteiger partial charge in [-0.15, -0.1) is 0 Å². The number of benzene rings is 1. The van der Waals surface area contributed by atoms with Crippen LogP contribution >= 0.6 is 0 Å². The lowest BCUT2D eigenvalue weighted by Gasteiger charge is -2.36. The molecule has 0 aromatic heterocycles. The maximum atomic E-state index is 13.1. The molecule has 3 rings (SSSR count). The molecule has 2 heterocycles. The Morgan fingerprint density at radius 1 is 1.43 bits per heavy atom. The number of hydrogen-bond acceptors (Lipinski definition) is 4. The number of carbonyl (C=O) groups excluding carboxylic acids is 1. The number of ether oxygens (including phenoxy) is 2. The number of amides is 1. The number of rotatable bonds is 4. The number of aliphatic hydroxyl groups excluding tert-OH is 1. The Hall–Kier alpha value is -1.66. The van der Waals surface area contributed by atoms with Gasteiger partial charge < -0.3 is 19.5 Å². The van der Waals surface area contributed by atoms with E-state index < -0.39 is 11.9 Å². The predicted molar refractivity (Wildman–Crippen MR) is 81.6 cm³/mol.